The summed E-state index contributed by atoms with van der Waals surface area (Å²) >= 11 is 0. The van der Waals surface area contributed by atoms with E-state index in [2.05, 4.69) is 38.2 Å². The van der Waals surface area contributed by atoms with Gasteiger partial charge in [0.05, 0.1) is 0 Å². The Balaban J connectivity index is 2.63. The molecule has 2 atom stereocenters. The lowest BCUT2D eigenvalue weighted by Crippen LogP contribution is -2.36. The molecule has 0 aliphatic heterocycles. The summed E-state index contributed by atoms with van der Waals surface area (Å²) in [6.07, 6.45) is 0. The lowest BCUT2D eigenvalue weighted by Gasteiger charge is -2.23. The second-order valence-corrected chi connectivity index (χ2v) is 5.00. The van der Waals surface area contributed by atoms with Crippen LogP contribution in [-0.2, 0) is 0 Å². The maximum atomic E-state index is 9.83. The van der Waals surface area contributed by atoms with E-state index in [4.69, 9.17) is 0 Å². The van der Waals surface area contributed by atoms with E-state index in [0.717, 1.165) is 12.1 Å². The topological polar surface area (TPSA) is 35.5 Å². The highest BCUT2D eigenvalue weighted by Gasteiger charge is 2.12. The summed E-state index contributed by atoms with van der Waals surface area (Å²) in [7, 11) is 4.14. The van der Waals surface area contributed by atoms with Crippen LogP contribution in [0.4, 0.5) is 0 Å². The summed E-state index contributed by atoms with van der Waals surface area (Å²) in [5.41, 5.74) is 2.14. The molecule has 17 heavy (non-hydrogen) atoms. The van der Waals surface area contributed by atoms with Gasteiger partial charge in [-0.15, -0.1) is 0 Å². The van der Waals surface area contributed by atoms with Gasteiger partial charge in [0.2, 0.25) is 0 Å². The molecule has 0 aliphatic carbocycles. The summed E-state index contributed by atoms with van der Waals surface area (Å²) in [4.78, 5) is 2.18. The van der Waals surface area contributed by atoms with Crippen molar-refractivity contribution in [3.8, 4) is 5.75 Å². The number of rotatable bonds is 5. The molecule has 2 N–H and O–H groups in total. The molecule has 1 rings (SSSR count). The molecule has 0 saturated heterocycles. The van der Waals surface area contributed by atoms with Crippen molar-refractivity contribution in [3.63, 3.8) is 0 Å². The molecule has 96 valence electrons. The lowest BCUT2D eigenvalue weighted by molar-refractivity contribution is 0.295. The number of nitrogens with one attached hydrogen (secondary N) is 1. The third kappa shape index (κ3) is 4.02. The third-order valence-electron chi connectivity index (χ3n) is 3.25. The Morgan fingerprint density at radius 1 is 1.29 bits per heavy atom. The normalized spacial score (nSPS) is 14.9. The second-order valence-electron chi connectivity index (χ2n) is 5.00. The van der Waals surface area contributed by atoms with Crippen molar-refractivity contribution >= 4 is 0 Å². The summed E-state index contributed by atoms with van der Waals surface area (Å²) in [6, 6.07) is 6.36. The van der Waals surface area contributed by atoms with Crippen molar-refractivity contribution in [1.29, 1.82) is 0 Å². The molecule has 2 unspecified atom stereocenters. The minimum Gasteiger partial charge on any atom is -0.508 e. The van der Waals surface area contributed by atoms with E-state index in [1.54, 1.807) is 6.07 Å². The van der Waals surface area contributed by atoms with Crippen LogP contribution in [0.5, 0.6) is 5.75 Å². The largest absolute Gasteiger partial charge is 0.508 e. The molecule has 0 aromatic heterocycles. The van der Waals surface area contributed by atoms with Crippen molar-refractivity contribution in [3.05, 3.63) is 29.3 Å². The van der Waals surface area contributed by atoms with Crippen LogP contribution >= 0.6 is 0 Å². The van der Waals surface area contributed by atoms with Gasteiger partial charge in [-0.2, -0.15) is 0 Å². The van der Waals surface area contributed by atoms with Gasteiger partial charge in [0.15, 0.2) is 0 Å². The molecule has 0 radical (unpaired) electrons. The molecule has 0 heterocycles. The Kier molecular flexibility index (Phi) is 4.97. The standard InChI is InChI=1S/C14H24N2O/c1-10-6-7-14(17)13(8-10)12(3)15-9-11(2)16(4)5/h6-8,11-12,15,17H,9H2,1-5H3. The fourth-order valence-corrected chi connectivity index (χ4v) is 1.66. The van der Waals surface area contributed by atoms with E-state index in [-0.39, 0.29) is 6.04 Å². The summed E-state index contributed by atoms with van der Waals surface area (Å²) < 4.78 is 0. The monoisotopic (exact) mass is 236 g/mol. The van der Waals surface area contributed by atoms with Crippen LogP contribution in [0.3, 0.4) is 0 Å². The van der Waals surface area contributed by atoms with Crippen LogP contribution in [0.25, 0.3) is 0 Å². The molecule has 3 nitrogen and oxygen atoms in total. The van der Waals surface area contributed by atoms with Crippen molar-refractivity contribution in [2.24, 2.45) is 0 Å². The fourth-order valence-electron chi connectivity index (χ4n) is 1.66. The van der Waals surface area contributed by atoms with E-state index in [9.17, 15) is 5.11 Å². The number of aryl methyl sites for hydroxylation is 1. The molecule has 3 heteroatoms. The van der Waals surface area contributed by atoms with Crippen LogP contribution < -0.4 is 5.32 Å². The maximum absolute atomic E-state index is 9.83. The highest BCUT2D eigenvalue weighted by molar-refractivity contribution is 5.37. The lowest BCUT2D eigenvalue weighted by atomic mass is 10.0. The Morgan fingerprint density at radius 3 is 2.53 bits per heavy atom. The average molecular weight is 236 g/mol. The van der Waals surface area contributed by atoms with Gasteiger partial charge in [-0.1, -0.05) is 17.7 Å². The first-order valence-corrected chi connectivity index (χ1v) is 6.11. The van der Waals surface area contributed by atoms with Crippen molar-refractivity contribution in [1.82, 2.24) is 10.2 Å². The predicted octanol–water partition coefficient (Wildman–Crippen LogP) is 2.30. The van der Waals surface area contributed by atoms with Crippen LogP contribution in [0.2, 0.25) is 0 Å². The fraction of sp³-hybridized carbons (Fsp3) is 0.571. The predicted molar refractivity (Wildman–Crippen MR) is 72.4 cm³/mol. The number of benzene rings is 1. The SMILES string of the molecule is Cc1ccc(O)c(C(C)NCC(C)N(C)C)c1. The first-order valence-electron chi connectivity index (χ1n) is 6.11. The third-order valence-corrected chi connectivity index (χ3v) is 3.25. The van der Waals surface area contributed by atoms with Gasteiger partial charge in [-0.05, 0) is 40.9 Å². The van der Waals surface area contributed by atoms with E-state index < -0.39 is 0 Å². The van der Waals surface area contributed by atoms with Crippen LogP contribution in [0.15, 0.2) is 18.2 Å². The molecule has 0 amide bonds. The van der Waals surface area contributed by atoms with Crippen molar-refractivity contribution in [2.75, 3.05) is 20.6 Å². The molecule has 0 spiro atoms. The van der Waals surface area contributed by atoms with Gasteiger partial charge in [0.25, 0.3) is 0 Å². The molecule has 1 aromatic carbocycles. The number of nitrogens with zero attached hydrogens (tertiary/aromatic N) is 1. The Hall–Kier alpha value is -1.06. The average Bonchev–Trinajstić information content (AvgIpc) is 2.28. The van der Waals surface area contributed by atoms with Gasteiger partial charge in [0, 0.05) is 24.2 Å². The number of phenolic OH excluding ortho intramolecular Hbond substituents is 1. The van der Waals surface area contributed by atoms with Gasteiger partial charge in [-0.25, -0.2) is 0 Å². The van der Waals surface area contributed by atoms with Crippen LogP contribution in [0.1, 0.15) is 31.0 Å². The highest BCUT2D eigenvalue weighted by atomic mass is 16.3. The van der Waals surface area contributed by atoms with E-state index in [1.807, 2.05) is 19.1 Å². The molecule has 0 bridgehead atoms. The molecule has 0 fully saturated rings. The number of aromatic hydroxyl groups is 1. The highest BCUT2D eigenvalue weighted by Crippen LogP contribution is 2.24. The van der Waals surface area contributed by atoms with Gasteiger partial charge >= 0.3 is 0 Å². The van der Waals surface area contributed by atoms with E-state index in [1.165, 1.54) is 5.56 Å². The smallest absolute Gasteiger partial charge is 0.120 e. The summed E-state index contributed by atoms with van der Waals surface area (Å²) in [5.74, 6) is 0.369. The molecule has 0 saturated carbocycles. The quantitative estimate of drug-likeness (QED) is 0.823. The maximum Gasteiger partial charge on any atom is 0.120 e. The Labute approximate surface area is 104 Å². The van der Waals surface area contributed by atoms with E-state index in [0.29, 0.717) is 11.8 Å². The Bertz CT molecular complexity index is 363. The zero-order chi connectivity index (χ0) is 13.0. The zero-order valence-corrected chi connectivity index (χ0v) is 11.5. The van der Waals surface area contributed by atoms with Gasteiger partial charge < -0.3 is 15.3 Å². The number of hydrogen-bond donors (Lipinski definition) is 2. The van der Waals surface area contributed by atoms with Crippen molar-refractivity contribution in [2.45, 2.75) is 32.9 Å². The minimum absolute atomic E-state index is 0.164. The van der Waals surface area contributed by atoms with Crippen molar-refractivity contribution < 1.29 is 5.11 Å². The van der Waals surface area contributed by atoms with Crippen LogP contribution in [-0.4, -0.2) is 36.7 Å². The first kappa shape index (κ1) is 14.0. The van der Waals surface area contributed by atoms with Gasteiger partial charge in [-0.3, -0.25) is 0 Å². The van der Waals surface area contributed by atoms with Crippen LogP contribution in [0, 0.1) is 6.92 Å². The Morgan fingerprint density at radius 2 is 1.94 bits per heavy atom. The number of hydrogen-bond acceptors (Lipinski definition) is 3. The number of phenols is 1. The second kappa shape index (κ2) is 6.03. The zero-order valence-electron chi connectivity index (χ0n) is 11.5. The summed E-state index contributed by atoms with van der Waals surface area (Å²) in [6.45, 7) is 7.20. The molecule has 1 aromatic rings. The van der Waals surface area contributed by atoms with E-state index >= 15 is 0 Å². The minimum atomic E-state index is 0.164. The first-order chi connectivity index (χ1) is 7.91. The summed E-state index contributed by atoms with van der Waals surface area (Å²) in [5, 5.41) is 13.3. The van der Waals surface area contributed by atoms with Gasteiger partial charge in [0.1, 0.15) is 5.75 Å². The number of likely N-dealkylation sites (N-methyl/N-ethyl adjacent to an activating group) is 1. The molecular formula is C14H24N2O. The molecular weight excluding hydrogens is 212 g/mol. The molecule has 0 aliphatic rings.